The number of esters is 1. The molecule has 5 rings (SSSR count). The van der Waals surface area contributed by atoms with Crippen molar-refractivity contribution in [3.8, 4) is 0 Å². The minimum Gasteiger partial charge on any atom is -0.467 e. The van der Waals surface area contributed by atoms with Gasteiger partial charge in [-0.2, -0.15) is 5.06 Å². The Bertz CT molecular complexity index is 1000. The van der Waals surface area contributed by atoms with Crippen LogP contribution in [0.2, 0.25) is 0 Å². The van der Waals surface area contributed by atoms with Gasteiger partial charge >= 0.3 is 5.97 Å². The Labute approximate surface area is 268 Å². The molecule has 0 N–H and O–H groups in total. The molecule has 1 saturated heterocycles. The quantitative estimate of drug-likeness (QED) is 0.248. The molecule has 254 valence electrons. The van der Waals surface area contributed by atoms with Crippen LogP contribution in [0, 0.1) is 46.3 Å². The van der Waals surface area contributed by atoms with Crippen LogP contribution in [0.25, 0.3) is 0 Å². The number of carbonyl (C=O) groups is 1. The van der Waals surface area contributed by atoms with Gasteiger partial charge in [-0.3, -0.25) is 4.84 Å². The van der Waals surface area contributed by atoms with Crippen LogP contribution in [0.1, 0.15) is 119 Å². The highest BCUT2D eigenvalue weighted by Gasteiger charge is 2.66. The van der Waals surface area contributed by atoms with Crippen molar-refractivity contribution in [3.05, 3.63) is 0 Å². The molecule has 44 heavy (non-hydrogen) atoms. The van der Waals surface area contributed by atoms with Gasteiger partial charge in [-0.1, -0.05) is 20.8 Å². The van der Waals surface area contributed by atoms with Crippen molar-refractivity contribution in [1.29, 1.82) is 0 Å². The van der Waals surface area contributed by atoms with Crippen LogP contribution in [-0.4, -0.2) is 75.0 Å². The summed E-state index contributed by atoms with van der Waals surface area (Å²) >= 11 is 0. The summed E-state index contributed by atoms with van der Waals surface area (Å²) in [5.74, 6) is 2.75. The molecule has 0 bridgehead atoms. The van der Waals surface area contributed by atoms with E-state index < -0.39 is 6.10 Å². The van der Waals surface area contributed by atoms with Gasteiger partial charge in [0.1, 0.15) is 0 Å². The van der Waals surface area contributed by atoms with Gasteiger partial charge in [-0.25, -0.2) is 4.79 Å². The number of hydrogen-bond acceptors (Lipinski definition) is 7. The lowest BCUT2D eigenvalue weighted by atomic mass is 9.43. The third kappa shape index (κ3) is 5.71. The minimum atomic E-state index is -0.622. The van der Waals surface area contributed by atoms with E-state index in [4.69, 9.17) is 23.8 Å². The van der Waals surface area contributed by atoms with E-state index in [1.54, 1.807) is 0 Å². The maximum atomic E-state index is 13.3. The Kier molecular flexibility index (Phi) is 9.99. The molecule has 1 aliphatic heterocycles. The fourth-order valence-electron chi connectivity index (χ4n) is 12.1. The van der Waals surface area contributed by atoms with Gasteiger partial charge in [-0.15, -0.1) is 0 Å². The molecule has 0 radical (unpaired) electrons. The van der Waals surface area contributed by atoms with Gasteiger partial charge in [0, 0.05) is 37.8 Å². The van der Waals surface area contributed by atoms with Gasteiger partial charge in [-0.05, 0) is 139 Å². The first kappa shape index (κ1) is 34.6. The zero-order valence-corrected chi connectivity index (χ0v) is 29.9. The van der Waals surface area contributed by atoms with Gasteiger partial charge in [0.15, 0.2) is 6.10 Å². The van der Waals surface area contributed by atoms with Gasteiger partial charge in [0.2, 0.25) is 0 Å². The lowest BCUT2D eigenvalue weighted by Crippen LogP contribution is -2.63. The van der Waals surface area contributed by atoms with Crippen LogP contribution >= 0.6 is 0 Å². The summed E-state index contributed by atoms with van der Waals surface area (Å²) in [5.41, 5.74) is 0.0270. The Hall–Kier alpha value is -0.730. The lowest BCUT2D eigenvalue weighted by molar-refractivity contribution is -0.305. The molecule has 4 saturated carbocycles. The molecule has 5 aliphatic rings. The highest BCUT2D eigenvalue weighted by Crippen LogP contribution is 2.69. The van der Waals surface area contributed by atoms with E-state index in [0.717, 1.165) is 51.4 Å². The fraction of sp³-hybridized carbons (Fsp3) is 0.973. The van der Waals surface area contributed by atoms with E-state index in [0.29, 0.717) is 47.5 Å². The van der Waals surface area contributed by atoms with Crippen LogP contribution in [-0.2, 0) is 28.6 Å². The zero-order chi connectivity index (χ0) is 32.2. The van der Waals surface area contributed by atoms with Crippen LogP contribution in [0.5, 0.6) is 0 Å². The summed E-state index contributed by atoms with van der Waals surface area (Å²) in [6.07, 6.45) is 12.2. The maximum absolute atomic E-state index is 13.3. The van der Waals surface area contributed by atoms with Crippen molar-refractivity contribution in [2.24, 2.45) is 46.3 Å². The van der Waals surface area contributed by atoms with Gasteiger partial charge < -0.3 is 18.9 Å². The van der Waals surface area contributed by atoms with Crippen LogP contribution < -0.4 is 0 Å². The SMILES string of the molecule is COC(=O)C(C[C@@H](C)[C@H]1CC[C@H]2[C@@H]3[C@H](OC)C[C@@H]4C[C@H](OC)CC[C@]4(C)[C@H]3C[C@H](OC)[C@]12C)ON1C(C)(C)CCCC1(C)C. The summed E-state index contributed by atoms with van der Waals surface area (Å²) in [4.78, 5) is 20.0. The smallest absolute Gasteiger partial charge is 0.337 e. The van der Waals surface area contributed by atoms with Crippen LogP contribution in [0.3, 0.4) is 0 Å². The number of hydrogen-bond donors (Lipinski definition) is 0. The summed E-state index contributed by atoms with van der Waals surface area (Å²) in [6, 6.07) is 0. The Balaban J connectivity index is 1.40. The fourth-order valence-corrected chi connectivity index (χ4v) is 12.1. The standard InChI is InChI=1S/C37H65NO6/c1-23(19-30(33(39)43-11)44-38-34(2,3)16-12-17-35(38,4)5)26-13-14-27-32-28(22-31(42-10)37(26,27)7)36(6)18-15-25(40-8)20-24(36)21-29(32)41-9/h23-32H,12-22H2,1-11H3/t23-,24+,25-,26-,27+,28+,29-,30?,31+,32+,36+,37-/m1/s1. The predicted molar refractivity (Wildman–Crippen MR) is 173 cm³/mol. The summed E-state index contributed by atoms with van der Waals surface area (Å²) in [5, 5.41) is 2.13. The molecule has 4 aliphatic carbocycles. The summed E-state index contributed by atoms with van der Waals surface area (Å²) in [7, 11) is 7.25. The summed E-state index contributed by atoms with van der Waals surface area (Å²) < 4.78 is 24.2. The molecule has 12 atom stereocenters. The molecular weight excluding hydrogens is 554 g/mol. The average molecular weight is 620 g/mol. The monoisotopic (exact) mass is 619 g/mol. The molecule has 0 aromatic carbocycles. The number of nitrogens with zero attached hydrogens (tertiary/aromatic N) is 1. The van der Waals surface area contributed by atoms with E-state index in [9.17, 15) is 4.79 Å². The molecule has 7 nitrogen and oxygen atoms in total. The van der Waals surface area contributed by atoms with Crippen molar-refractivity contribution in [2.45, 2.75) is 155 Å². The number of hydroxylamine groups is 2. The molecule has 1 heterocycles. The van der Waals surface area contributed by atoms with Crippen LogP contribution in [0.15, 0.2) is 0 Å². The molecule has 0 amide bonds. The Morgan fingerprint density at radius 3 is 2.09 bits per heavy atom. The number of piperidine rings is 1. The second-order valence-corrected chi connectivity index (χ2v) is 17.2. The van der Waals surface area contributed by atoms with Crippen LogP contribution in [0.4, 0.5) is 0 Å². The number of carbonyl (C=O) groups excluding carboxylic acids is 1. The molecule has 0 aromatic heterocycles. The first-order valence-electron chi connectivity index (χ1n) is 17.8. The third-order valence-corrected chi connectivity index (χ3v) is 14.3. The number of methoxy groups -OCH3 is 4. The zero-order valence-electron chi connectivity index (χ0n) is 29.9. The minimum absolute atomic E-state index is 0.0172. The molecule has 0 spiro atoms. The van der Waals surface area contributed by atoms with Crippen molar-refractivity contribution < 1.29 is 28.6 Å². The summed E-state index contributed by atoms with van der Waals surface area (Å²) in [6.45, 7) is 16.4. The molecule has 0 aromatic rings. The Morgan fingerprint density at radius 1 is 0.818 bits per heavy atom. The largest absolute Gasteiger partial charge is 0.467 e. The number of rotatable bonds is 9. The highest BCUT2D eigenvalue weighted by atomic mass is 16.7. The molecular formula is C37H65NO6. The topological polar surface area (TPSA) is 66.5 Å². The van der Waals surface area contributed by atoms with Gasteiger partial charge in [0.25, 0.3) is 0 Å². The second-order valence-electron chi connectivity index (χ2n) is 17.2. The number of fused-ring (bicyclic) bond motifs is 5. The van der Waals surface area contributed by atoms with Crippen molar-refractivity contribution in [2.75, 3.05) is 28.4 Å². The van der Waals surface area contributed by atoms with E-state index in [2.05, 4.69) is 53.5 Å². The molecule has 1 unspecified atom stereocenters. The number of ether oxygens (including phenoxy) is 4. The van der Waals surface area contributed by atoms with E-state index >= 15 is 0 Å². The van der Waals surface area contributed by atoms with Crippen molar-refractivity contribution in [3.63, 3.8) is 0 Å². The lowest BCUT2D eigenvalue weighted by Gasteiger charge is -2.64. The predicted octanol–water partition coefficient (Wildman–Crippen LogP) is 7.45. The van der Waals surface area contributed by atoms with E-state index in [-0.39, 0.29) is 40.6 Å². The molecule has 7 heteroatoms. The maximum Gasteiger partial charge on any atom is 0.337 e. The van der Waals surface area contributed by atoms with Crippen molar-refractivity contribution in [1.82, 2.24) is 5.06 Å². The van der Waals surface area contributed by atoms with E-state index in [1.807, 2.05) is 21.3 Å². The third-order valence-electron chi connectivity index (χ3n) is 14.3. The molecule has 5 fully saturated rings. The first-order valence-corrected chi connectivity index (χ1v) is 17.8. The van der Waals surface area contributed by atoms with Gasteiger partial charge in [0.05, 0.1) is 25.4 Å². The Morgan fingerprint density at radius 2 is 1.50 bits per heavy atom. The normalized spacial score (nSPS) is 44.6. The van der Waals surface area contributed by atoms with E-state index in [1.165, 1.54) is 20.0 Å². The highest BCUT2D eigenvalue weighted by molar-refractivity contribution is 5.74. The first-order chi connectivity index (χ1) is 20.7. The van der Waals surface area contributed by atoms with Crippen molar-refractivity contribution >= 4 is 5.97 Å². The average Bonchev–Trinajstić information content (AvgIpc) is 3.34. The second kappa shape index (κ2) is 12.7.